The van der Waals surface area contributed by atoms with E-state index in [9.17, 15) is 14.4 Å². The molecule has 0 bridgehead atoms. The minimum Gasteiger partial charge on any atom is -0.481 e. The maximum Gasteiger partial charge on any atom is 0.408 e. The summed E-state index contributed by atoms with van der Waals surface area (Å²) in [5, 5.41) is 20.4. The molecule has 0 saturated heterocycles. The Balaban J connectivity index is 0.000000271. The topological polar surface area (TPSA) is 177 Å². The second-order valence-corrected chi connectivity index (χ2v) is 14.5. The van der Waals surface area contributed by atoms with Crippen LogP contribution in [0.4, 0.5) is 4.79 Å². The maximum absolute atomic E-state index is 11.4. The van der Waals surface area contributed by atoms with Gasteiger partial charge in [0.25, 0.3) is 0 Å². The molecule has 0 aromatic heterocycles. The number of aliphatic hydroxyl groups excluding tert-OH is 1. The largest absolute Gasteiger partial charge is 0.481 e. The number of carboxylic acid groups (broad SMARTS) is 1. The van der Waals surface area contributed by atoms with E-state index in [0.29, 0.717) is 11.8 Å². The number of carbonyl (C=O) groups excluding carboxylic acids is 2. The molecule has 5 rings (SSSR count). The zero-order valence-electron chi connectivity index (χ0n) is 27.3. The lowest BCUT2D eigenvalue weighted by atomic mass is 10.1. The molecule has 0 radical (unpaired) electrons. The minimum atomic E-state index is -0.738. The third-order valence-electron chi connectivity index (χ3n) is 9.34. The van der Waals surface area contributed by atoms with Gasteiger partial charge in [0.15, 0.2) is 0 Å². The van der Waals surface area contributed by atoms with Gasteiger partial charge in [-0.15, -0.1) is 0 Å². The Morgan fingerprint density at radius 2 is 1.24 bits per heavy atom. The lowest BCUT2D eigenvalue weighted by Gasteiger charge is -2.22. The van der Waals surface area contributed by atoms with E-state index in [4.69, 9.17) is 26.5 Å². The van der Waals surface area contributed by atoms with Crippen molar-refractivity contribution in [3.63, 3.8) is 0 Å². The van der Waals surface area contributed by atoms with E-state index in [1.807, 2.05) is 41.5 Å². The molecule has 10 unspecified atom stereocenters. The number of carboxylic acids is 1. The molecule has 41 heavy (non-hydrogen) atoms. The number of ether oxygens (including phenoxy) is 1. The maximum atomic E-state index is 11.4. The summed E-state index contributed by atoms with van der Waals surface area (Å²) in [5.74, 6) is 9.70. The summed E-state index contributed by atoms with van der Waals surface area (Å²) >= 11 is 0. The fourth-order valence-corrected chi connectivity index (χ4v) is 4.40. The summed E-state index contributed by atoms with van der Waals surface area (Å²) in [6, 6.07) is 0. The first-order valence-electron chi connectivity index (χ1n) is 15.3. The minimum absolute atomic E-state index is 0.0162. The van der Waals surface area contributed by atoms with Crippen LogP contribution in [0.1, 0.15) is 101 Å². The number of nitrogens with two attached hydrogens (primary N) is 2. The predicted molar refractivity (Wildman–Crippen MR) is 161 cm³/mol. The highest BCUT2D eigenvalue weighted by atomic mass is 16.6. The molecule has 5 saturated carbocycles. The molecule has 2 amide bonds. The summed E-state index contributed by atoms with van der Waals surface area (Å²) in [6.07, 6.45) is 5.07. The number of amides is 2. The van der Waals surface area contributed by atoms with Gasteiger partial charge in [-0.05, 0) is 94.3 Å². The van der Waals surface area contributed by atoms with Gasteiger partial charge in [-0.25, -0.2) is 10.6 Å². The first-order chi connectivity index (χ1) is 18.8. The first kappa shape index (κ1) is 37.1. The van der Waals surface area contributed by atoms with Gasteiger partial charge in [0.05, 0.1) is 17.6 Å². The van der Waals surface area contributed by atoms with Crippen molar-refractivity contribution in [3.05, 3.63) is 0 Å². The number of hydrogen-bond acceptors (Lipinski definition) is 7. The van der Waals surface area contributed by atoms with E-state index in [-0.39, 0.29) is 30.9 Å². The van der Waals surface area contributed by atoms with Crippen molar-refractivity contribution in [1.82, 2.24) is 10.7 Å². The quantitative estimate of drug-likeness (QED) is 0.157. The van der Waals surface area contributed by atoms with E-state index in [1.54, 1.807) is 0 Å². The molecule has 0 aromatic rings. The van der Waals surface area contributed by atoms with E-state index in [0.717, 1.165) is 42.9 Å². The van der Waals surface area contributed by atoms with Gasteiger partial charge < -0.3 is 26.0 Å². The van der Waals surface area contributed by atoms with E-state index < -0.39 is 28.6 Å². The van der Waals surface area contributed by atoms with Gasteiger partial charge >= 0.3 is 12.1 Å². The van der Waals surface area contributed by atoms with Crippen LogP contribution in [0.2, 0.25) is 0 Å². The fourth-order valence-electron chi connectivity index (χ4n) is 4.40. The van der Waals surface area contributed by atoms with Crippen molar-refractivity contribution in [2.75, 3.05) is 13.2 Å². The Morgan fingerprint density at radius 1 is 0.854 bits per heavy atom. The molecule has 0 heterocycles. The number of rotatable bonds is 5. The van der Waals surface area contributed by atoms with Crippen LogP contribution in [-0.2, 0) is 14.3 Å². The standard InChI is InChI=1S/C10H19NO3.C6H11NO2.C5H10N2O.2C5H10/c1-7-5-10(7,6-12)11-8(13)14-9(2,3)4;1-4-2-6(4,3-7)5(8)9;1-3-2-4(3)5(8)7-6;2*1-4-3-5(4)2/h7,12H,5-6H2,1-4H3,(H,11,13);4H,2-3,7H2,1H3,(H,8,9);3-4H,2,6H2,1H3,(H,7,8);2*4-5H,3H2,1-2H3. The van der Waals surface area contributed by atoms with E-state index in [2.05, 4.69) is 38.4 Å². The van der Waals surface area contributed by atoms with Crippen LogP contribution in [0.5, 0.6) is 0 Å². The van der Waals surface area contributed by atoms with Crippen molar-refractivity contribution in [2.24, 2.45) is 64.3 Å². The van der Waals surface area contributed by atoms with Gasteiger partial charge in [0.2, 0.25) is 5.91 Å². The van der Waals surface area contributed by atoms with E-state index in [1.165, 1.54) is 12.8 Å². The number of hydrogen-bond donors (Lipinski definition) is 6. The second-order valence-electron chi connectivity index (χ2n) is 14.5. The number of hydrazine groups is 1. The van der Waals surface area contributed by atoms with Crippen LogP contribution in [0, 0.1) is 52.8 Å². The number of aliphatic carboxylic acids is 1. The van der Waals surface area contributed by atoms with Crippen LogP contribution in [0.15, 0.2) is 0 Å². The van der Waals surface area contributed by atoms with Crippen LogP contribution in [-0.4, -0.2) is 52.5 Å². The Bertz CT molecular complexity index is 845. The first-order valence-corrected chi connectivity index (χ1v) is 15.3. The fraction of sp³-hybridized carbons (Fsp3) is 0.903. The Kier molecular flexibility index (Phi) is 13.6. The highest BCUT2D eigenvalue weighted by molar-refractivity contribution is 5.80. The molecule has 0 aromatic carbocycles. The summed E-state index contributed by atoms with van der Waals surface area (Å²) in [6.45, 7) is 20.8. The normalized spacial score (nSPS) is 38.2. The van der Waals surface area contributed by atoms with E-state index >= 15 is 0 Å². The molecule has 10 atom stereocenters. The average Bonchev–Trinajstić information content (AvgIpc) is 3.67. The molecule has 0 aliphatic heterocycles. The van der Waals surface area contributed by atoms with Crippen molar-refractivity contribution < 1.29 is 29.3 Å². The highest BCUT2D eigenvalue weighted by Gasteiger charge is 2.56. The van der Waals surface area contributed by atoms with Crippen molar-refractivity contribution >= 4 is 18.0 Å². The smallest absolute Gasteiger partial charge is 0.408 e. The molecule has 10 heteroatoms. The van der Waals surface area contributed by atoms with Crippen LogP contribution in [0.3, 0.4) is 0 Å². The Hall–Kier alpha value is -1.91. The highest BCUT2D eigenvalue weighted by Crippen LogP contribution is 2.51. The SMILES string of the molecule is CC1CC1(CN)C(=O)O.CC1CC1(CO)NC(=O)OC(C)(C)C.CC1CC1C.CC1CC1C.CC1CC1C(=O)NN. The summed E-state index contributed by atoms with van der Waals surface area (Å²) in [7, 11) is 0. The van der Waals surface area contributed by atoms with Crippen molar-refractivity contribution in [1.29, 1.82) is 0 Å². The molecule has 0 spiro atoms. The van der Waals surface area contributed by atoms with Gasteiger partial charge in [-0.2, -0.15) is 0 Å². The lowest BCUT2D eigenvalue weighted by molar-refractivity contribution is -0.143. The molecule has 5 aliphatic carbocycles. The number of nitrogens with one attached hydrogen (secondary N) is 2. The van der Waals surface area contributed by atoms with Gasteiger partial charge in [0.1, 0.15) is 5.60 Å². The van der Waals surface area contributed by atoms with Crippen molar-refractivity contribution in [2.45, 2.75) is 112 Å². The molecular formula is C31H60N4O6. The zero-order valence-corrected chi connectivity index (χ0v) is 27.3. The molecule has 5 fully saturated rings. The number of carbonyl (C=O) groups is 3. The third kappa shape index (κ3) is 12.9. The van der Waals surface area contributed by atoms with Gasteiger partial charge in [0, 0.05) is 12.5 Å². The van der Waals surface area contributed by atoms with Crippen LogP contribution in [0.25, 0.3) is 0 Å². The predicted octanol–water partition coefficient (Wildman–Crippen LogP) is 4.29. The summed E-state index contributed by atoms with van der Waals surface area (Å²) < 4.78 is 5.10. The Labute approximate surface area is 248 Å². The van der Waals surface area contributed by atoms with Crippen LogP contribution < -0.4 is 22.3 Å². The zero-order chi connectivity index (χ0) is 31.9. The third-order valence-corrected chi connectivity index (χ3v) is 9.34. The lowest BCUT2D eigenvalue weighted by Crippen LogP contribution is -2.43. The molecule has 5 aliphatic rings. The number of aliphatic hydroxyl groups is 1. The number of alkyl carbamates (subject to hydrolysis) is 1. The van der Waals surface area contributed by atoms with Gasteiger partial charge in [-0.3, -0.25) is 15.0 Å². The molecule has 240 valence electrons. The summed E-state index contributed by atoms with van der Waals surface area (Å²) in [5.41, 5.74) is 5.93. The molecule has 8 N–H and O–H groups in total. The summed E-state index contributed by atoms with van der Waals surface area (Å²) in [4.78, 5) is 32.4. The molecule has 10 nitrogen and oxygen atoms in total. The van der Waals surface area contributed by atoms with Gasteiger partial charge in [-0.1, -0.05) is 48.5 Å². The average molecular weight is 585 g/mol. The Morgan fingerprint density at radius 3 is 1.37 bits per heavy atom. The van der Waals surface area contributed by atoms with Crippen LogP contribution >= 0.6 is 0 Å². The second kappa shape index (κ2) is 15.0. The molecular weight excluding hydrogens is 524 g/mol. The monoisotopic (exact) mass is 584 g/mol. The van der Waals surface area contributed by atoms with Crippen molar-refractivity contribution in [3.8, 4) is 0 Å².